The number of nitrogens with one attached hydrogen (secondary N) is 2. The minimum Gasteiger partial charge on any atom is -0.422 e. The molecule has 1 amide bonds. The topological polar surface area (TPSA) is 74.6 Å². The van der Waals surface area contributed by atoms with Crippen molar-refractivity contribution in [1.82, 2.24) is 15.5 Å². The zero-order valence-corrected chi connectivity index (χ0v) is 11.6. The van der Waals surface area contributed by atoms with Crippen LogP contribution in [0.25, 0.3) is 11.0 Å². The molecule has 0 bridgehead atoms. The Morgan fingerprint density at radius 1 is 1.29 bits per heavy atom. The van der Waals surface area contributed by atoms with E-state index in [1.807, 2.05) is 12.1 Å². The first-order chi connectivity index (χ1) is 10.2. The highest BCUT2D eigenvalue weighted by Crippen LogP contribution is 2.12. The second-order valence-corrected chi connectivity index (χ2v) is 5.02. The number of carbonyl (C=O) groups is 1. The number of benzene rings is 1. The summed E-state index contributed by atoms with van der Waals surface area (Å²) in [6.45, 7) is 4.02. The molecule has 0 radical (unpaired) electrons. The molecule has 1 fully saturated rings. The molecule has 0 aliphatic carbocycles. The summed E-state index contributed by atoms with van der Waals surface area (Å²) in [5.74, 6) is -0.395. The minimum atomic E-state index is -0.605. The molecule has 110 valence electrons. The molecule has 1 aromatic carbocycles. The van der Waals surface area contributed by atoms with Gasteiger partial charge in [-0.05, 0) is 12.1 Å². The van der Waals surface area contributed by atoms with Crippen LogP contribution in [0, 0.1) is 0 Å². The van der Waals surface area contributed by atoms with Crippen LogP contribution < -0.4 is 16.3 Å². The van der Waals surface area contributed by atoms with Crippen LogP contribution in [0.2, 0.25) is 0 Å². The Morgan fingerprint density at radius 2 is 2.05 bits per heavy atom. The van der Waals surface area contributed by atoms with Gasteiger partial charge >= 0.3 is 5.63 Å². The van der Waals surface area contributed by atoms with Crippen molar-refractivity contribution in [3.8, 4) is 0 Å². The molecule has 1 aliphatic rings. The quantitative estimate of drug-likeness (QED) is 0.799. The molecule has 6 nitrogen and oxygen atoms in total. The number of hydrogen-bond acceptors (Lipinski definition) is 5. The second-order valence-electron chi connectivity index (χ2n) is 5.02. The van der Waals surface area contributed by atoms with Gasteiger partial charge in [-0.1, -0.05) is 18.2 Å². The molecule has 0 unspecified atom stereocenters. The summed E-state index contributed by atoms with van der Waals surface area (Å²) in [7, 11) is 0. The Balaban J connectivity index is 1.74. The summed E-state index contributed by atoms with van der Waals surface area (Å²) < 4.78 is 5.17. The number of rotatable bonds is 3. The molecule has 1 aromatic heterocycles. The van der Waals surface area contributed by atoms with E-state index < -0.39 is 11.5 Å². The van der Waals surface area contributed by atoms with Crippen molar-refractivity contribution >= 4 is 16.9 Å². The van der Waals surface area contributed by atoms with Gasteiger partial charge in [0, 0.05) is 31.6 Å². The molecule has 6 heteroatoms. The van der Waals surface area contributed by atoms with Crippen molar-refractivity contribution in [3.63, 3.8) is 0 Å². The van der Waals surface area contributed by atoms with Gasteiger partial charge in [0.1, 0.15) is 11.1 Å². The van der Waals surface area contributed by atoms with E-state index in [1.54, 1.807) is 18.2 Å². The highest BCUT2D eigenvalue weighted by molar-refractivity contribution is 5.96. The summed E-state index contributed by atoms with van der Waals surface area (Å²) in [4.78, 5) is 26.1. The lowest BCUT2D eigenvalue weighted by atomic mass is 10.2. The van der Waals surface area contributed by atoms with Crippen molar-refractivity contribution < 1.29 is 9.21 Å². The van der Waals surface area contributed by atoms with Gasteiger partial charge in [-0.2, -0.15) is 0 Å². The first-order valence-electron chi connectivity index (χ1n) is 6.98. The second kappa shape index (κ2) is 6.07. The molecule has 1 aliphatic heterocycles. The highest BCUT2D eigenvalue weighted by atomic mass is 16.4. The number of carbonyl (C=O) groups excluding carboxylic acids is 1. The summed E-state index contributed by atoms with van der Waals surface area (Å²) in [5, 5.41) is 6.76. The van der Waals surface area contributed by atoms with Crippen LogP contribution in [0.1, 0.15) is 10.4 Å². The van der Waals surface area contributed by atoms with Crippen molar-refractivity contribution in [1.29, 1.82) is 0 Å². The molecule has 1 saturated heterocycles. The van der Waals surface area contributed by atoms with Gasteiger partial charge in [-0.3, -0.25) is 9.69 Å². The lowest BCUT2D eigenvalue weighted by Crippen LogP contribution is -2.48. The van der Waals surface area contributed by atoms with Crippen LogP contribution in [-0.4, -0.2) is 43.7 Å². The van der Waals surface area contributed by atoms with E-state index in [4.69, 9.17) is 4.42 Å². The standard InChI is InChI=1S/C15H17N3O3/c19-14(17-10-18-7-5-16-6-8-18)12-9-11-3-1-2-4-13(11)21-15(12)20/h1-4,9,16H,5-8,10H2,(H,17,19). The molecule has 21 heavy (non-hydrogen) atoms. The Labute approximate surface area is 121 Å². The predicted octanol–water partition coefficient (Wildman–Crippen LogP) is 0.386. The molecule has 2 N–H and O–H groups in total. The van der Waals surface area contributed by atoms with Gasteiger partial charge in [-0.25, -0.2) is 4.79 Å². The molecule has 3 rings (SSSR count). The van der Waals surface area contributed by atoms with E-state index in [-0.39, 0.29) is 5.56 Å². The fraction of sp³-hybridized carbons (Fsp3) is 0.333. The fourth-order valence-electron chi connectivity index (χ4n) is 2.37. The average Bonchev–Trinajstić information content (AvgIpc) is 2.53. The molecule has 2 aromatic rings. The maximum absolute atomic E-state index is 12.1. The van der Waals surface area contributed by atoms with Crippen molar-refractivity contribution in [2.45, 2.75) is 0 Å². The fourth-order valence-corrected chi connectivity index (χ4v) is 2.37. The van der Waals surface area contributed by atoms with E-state index in [1.165, 1.54) is 0 Å². The van der Waals surface area contributed by atoms with Crippen LogP contribution in [0.15, 0.2) is 39.5 Å². The third-order valence-corrected chi connectivity index (χ3v) is 3.56. The van der Waals surface area contributed by atoms with Crippen LogP contribution in [-0.2, 0) is 0 Å². The molecule has 2 heterocycles. The van der Waals surface area contributed by atoms with Crippen molar-refractivity contribution in [3.05, 3.63) is 46.3 Å². The predicted molar refractivity (Wildman–Crippen MR) is 79.3 cm³/mol. The Bertz CT molecular complexity index is 705. The van der Waals surface area contributed by atoms with E-state index in [0.717, 1.165) is 31.6 Å². The molecular formula is C15H17N3O3. The monoisotopic (exact) mass is 287 g/mol. The maximum atomic E-state index is 12.1. The van der Waals surface area contributed by atoms with Crippen molar-refractivity contribution in [2.24, 2.45) is 0 Å². The van der Waals surface area contributed by atoms with Crippen LogP contribution in [0.5, 0.6) is 0 Å². The smallest absolute Gasteiger partial charge is 0.349 e. The number of fused-ring (bicyclic) bond motifs is 1. The summed E-state index contributed by atoms with van der Waals surface area (Å²) in [6.07, 6.45) is 0. The van der Waals surface area contributed by atoms with Gasteiger partial charge in [0.25, 0.3) is 5.91 Å². The minimum absolute atomic E-state index is 0.0452. The SMILES string of the molecule is O=C(NCN1CCNCC1)c1cc2ccccc2oc1=O. The maximum Gasteiger partial charge on any atom is 0.349 e. The average molecular weight is 287 g/mol. The number of nitrogens with zero attached hydrogens (tertiary/aromatic N) is 1. The number of para-hydroxylation sites is 1. The summed E-state index contributed by atoms with van der Waals surface area (Å²) >= 11 is 0. The number of piperazine rings is 1. The third kappa shape index (κ3) is 3.12. The van der Waals surface area contributed by atoms with E-state index in [0.29, 0.717) is 12.3 Å². The summed E-state index contributed by atoms with van der Waals surface area (Å²) in [6, 6.07) is 8.72. The van der Waals surface area contributed by atoms with Crippen LogP contribution >= 0.6 is 0 Å². The van der Waals surface area contributed by atoms with Gasteiger partial charge < -0.3 is 15.1 Å². The zero-order chi connectivity index (χ0) is 14.7. The van der Waals surface area contributed by atoms with Gasteiger partial charge in [-0.15, -0.1) is 0 Å². The van der Waals surface area contributed by atoms with E-state index >= 15 is 0 Å². The van der Waals surface area contributed by atoms with Crippen LogP contribution in [0.4, 0.5) is 0 Å². The molecule has 0 atom stereocenters. The Morgan fingerprint density at radius 3 is 2.86 bits per heavy atom. The number of amides is 1. The van der Waals surface area contributed by atoms with E-state index in [2.05, 4.69) is 15.5 Å². The number of hydrogen-bond donors (Lipinski definition) is 2. The van der Waals surface area contributed by atoms with Gasteiger partial charge in [0.05, 0.1) is 6.67 Å². The van der Waals surface area contributed by atoms with Gasteiger partial charge in [0.15, 0.2) is 0 Å². The third-order valence-electron chi connectivity index (χ3n) is 3.56. The molecular weight excluding hydrogens is 270 g/mol. The van der Waals surface area contributed by atoms with Gasteiger partial charge in [0.2, 0.25) is 0 Å². The summed E-state index contributed by atoms with van der Waals surface area (Å²) in [5.41, 5.74) is -0.0727. The zero-order valence-electron chi connectivity index (χ0n) is 11.6. The first kappa shape index (κ1) is 13.8. The largest absolute Gasteiger partial charge is 0.422 e. The lowest BCUT2D eigenvalue weighted by Gasteiger charge is -2.27. The Kier molecular flexibility index (Phi) is 3.98. The molecule has 0 saturated carbocycles. The van der Waals surface area contributed by atoms with Crippen LogP contribution in [0.3, 0.4) is 0 Å². The highest BCUT2D eigenvalue weighted by Gasteiger charge is 2.15. The first-order valence-corrected chi connectivity index (χ1v) is 6.98. The lowest BCUT2D eigenvalue weighted by molar-refractivity contribution is 0.0914. The van der Waals surface area contributed by atoms with E-state index in [9.17, 15) is 9.59 Å². The van der Waals surface area contributed by atoms with Crippen molar-refractivity contribution in [2.75, 3.05) is 32.8 Å². The Hall–Kier alpha value is -2.18. The molecule has 0 spiro atoms. The normalized spacial score (nSPS) is 16.0.